The molecule has 0 atom stereocenters. The fourth-order valence-corrected chi connectivity index (χ4v) is 2.08. The lowest BCUT2D eigenvalue weighted by atomic mass is 10.2. The van der Waals surface area contributed by atoms with E-state index < -0.39 is 5.82 Å². The van der Waals surface area contributed by atoms with Crippen molar-refractivity contribution < 1.29 is 14.3 Å². The van der Waals surface area contributed by atoms with E-state index >= 15 is 0 Å². The monoisotopic (exact) mass is 323 g/mol. The molecule has 3 nitrogen and oxygen atoms in total. The normalized spacial score (nSPS) is 10.3. The Labute approximate surface area is 118 Å². The van der Waals surface area contributed by atoms with Crippen molar-refractivity contribution in [3.8, 4) is 5.75 Å². The van der Waals surface area contributed by atoms with E-state index in [1.165, 1.54) is 29.2 Å². The Morgan fingerprint density at radius 1 is 1.21 bits per heavy atom. The number of benzene rings is 2. The number of aromatic hydroxyl groups is 1. The average Bonchev–Trinajstić information content (AvgIpc) is 2.41. The lowest BCUT2D eigenvalue weighted by Gasteiger charge is -2.18. The minimum Gasteiger partial charge on any atom is -0.508 e. The average molecular weight is 324 g/mol. The number of hydrogen-bond donors (Lipinski definition) is 1. The number of halogens is 2. The highest BCUT2D eigenvalue weighted by atomic mass is 79.9. The first-order chi connectivity index (χ1) is 9.00. The molecule has 0 aromatic heterocycles. The molecule has 2 rings (SSSR count). The Bertz CT molecular complexity index is 613. The maximum atomic E-state index is 13.4. The van der Waals surface area contributed by atoms with Gasteiger partial charge in [-0.25, -0.2) is 4.39 Å². The molecule has 98 valence electrons. The third-order valence-electron chi connectivity index (χ3n) is 2.72. The first kappa shape index (κ1) is 13.5. The van der Waals surface area contributed by atoms with Crippen molar-refractivity contribution in [3.63, 3.8) is 0 Å². The maximum absolute atomic E-state index is 13.4. The Hall–Kier alpha value is -1.88. The summed E-state index contributed by atoms with van der Waals surface area (Å²) >= 11 is 3.07. The number of phenols is 1. The van der Waals surface area contributed by atoms with Gasteiger partial charge in [0.2, 0.25) is 0 Å². The fraction of sp³-hybridized carbons (Fsp3) is 0.0714. The molecule has 0 unspecified atom stereocenters. The summed E-state index contributed by atoms with van der Waals surface area (Å²) in [5, 5.41) is 9.21. The molecule has 0 heterocycles. The van der Waals surface area contributed by atoms with Gasteiger partial charge < -0.3 is 10.0 Å². The quantitative estimate of drug-likeness (QED) is 0.917. The number of amides is 1. The van der Waals surface area contributed by atoms with Crippen molar-refractivity contribution in [1.82, 2.24) is 0 Å². The molecule has 0 spiro atoms. The van der Waals surface area contributed by atoms with Gasteiger partial charge in [-0.3, -0.25) is 4.79 Å². The highest BCUT2D eigenvalue weighted by molar-refractivity contribution is 9.10. The molecule has 1 N–H and O–H groups in total. The van der Waals surface area contributed by atoms with Crippen molar-refractivity contribution in [2.75, 3.05) is 11.9 Å². The summed E-state index contributed by atoms with van der Waals surface area (Å²) in [4.78, 5) is 13.7. The van der Waals surface area contributed by atoms with E-state index in [0.29, 0.717) is 5.69 Å². The van der Waals surface area contributed by atoms with Crippen molar-refractivity contribution in [3.05, 3.63) is 58.3 Å². The summed E-state index contributed by atoms with van der Waals surface area (Å²) in [6, 6.07) is 10.5. The predicted molar refractivity (Wildman–Crippen MR) is 74.9 cm³/mol. The number of hydrogen-bond acceptors (Lipinski definition) is 2. The van der Waals surface area contributed by atoms with Gasteiger partial charge in [-0.1, -0.05) is 6.07 Å². The maximum Gasteiger partial charge on any atom is 0.259 e. The van der Waals surface area contributed by atoms with Crippen LogP contribution in [0.25, 0.3) is 0 Å². The van der Waals surface area contributed by atoms with Gasteiger partial charge in [0.25, 0.3) is 5.91 Å². The van der Waals surface area contributed by atoms with Gasteiger partial charge in [-0.15, -0.1) is 0 Å². The molecule has 19 heavy (non-hydrogen) atoms. The van der Waals surface area contributed by atoms with Crippen LogP contribution in [0.15, 0.2) is 46.9 Å². The fourth-order valence-electron chi connectivity index (χ4n) is 1.64. The molecule has 0 bridgehead atoms. The molecular weight excluding hydrogens is 313 g/mol. The van der Waals surface area contributed by atoms with Crippen LogP contribution in [-0.4, -0.2) is 18.1 Å². The van der Waals surface area contributed by atoms with Crippen LogP contribution in [-0.2, 0) is 0 Å². The van der Waals surface area contributed by atoms with Gasteiger partial charge in [0.1, 0.15) is 11.6 Å². The highest BCUT2D eigenvalue weighted by Gasteiger charge is 2.18. The lowest BCUT2D eigenvalue weighted by Crippen LogP contribution is -2.26. The Balaban J connectivity index is 2.33. The van der Waals surface area contributed by atoms with E-state index in [4.69, 9.17) is 0 Å². The first-order valence-electron chi connectivity index (χ1n) is 5.52. The van der Waals surface area contributed by atoms with Gasteiger partial charge in [0, 0.05) is 12.7 Å². The summed E-state index contributed by atoms with van der Waals surface area (Å²) in [5.74, 6) is -0.696. The van der Waals surface area contributed by atoms with Crippen LogP contribution in [0.3, 0.4) is 0 Å². The second-order valence-electron chi connectivity index (χ2n) is 3.98. The van der Waals surface area contributed by atoms with Crippen molar-refractivity contribution >= 4 is 27.5 Å². The van der Waals surface area contributed by atoms with Crippen LogP contribution in [0.1, 0.15) is 10.4 Å². The summed E-state index contributed by atoms with van der Waals surface area (Å²) in [7, 11) is 1.59. The number of carbonyl (C=O) groups is 1. The molecule has 0 fully saturated rings. The number of phenolic OH excluding ortho intramolecular Hbond substituents is 1. The SMILES string of the molecule is CN(C(=O)c1cccc(F)c1Br)c1ccc(O)cc1. The lowest BCUT2D eigenvalue weighted by molar-refractivity contribution is 0.0991. The number of rotatable bonds is 2. The number of nitrogens with zero attached hydrogens (tertiary/aromatic N) is 1. The molecule has 0 saturated carbocycles. The summed E-state index contributed by atoms with van der Waals surface area (Å²) in [6.45, 7) is 0. The Morgan fingerprint density at radius 2 is 1.84 bits per heavy atom. The van der Waals surface area contributed by atoms with Crippen LogP contribution < -0.4 is 4.90 Å². The molecule has 0 saturated heterocycles. The van der Waals surface area contributed by atoms with Gasteiger partial charge in [-0.2, -0.15) is 0 Å². The Morgan fingerprint density at radius 3 is 2.47 bits per heavy atom. The Kier molecular flexibility index (Phi) is 3.85. The molecule has 1 amide bonds. The number of anilines is 1. The zero-order valence-corrected chi connectivity index (χ0v) is 11.7. The second-order valence-corrected chi connectivity index (χ2v) is 4.77. The smallest absolute Gasteiger partial charge is 0.259 e. The van der Waals surface area contributed by atoms with Crippen molar-refractivity contribution in [2.45, 2.75) is 0 Å². The third-order valence-corrected chi connectivity index (χ3v) is 3.53. The molecule has 2 aromatic carbocycles. The minimum absolute atomic E-state index is 0.122. The van der Waals surface area contributed by atoms with Crippen LogP contribution in [0, 0.1) is 5.82 Å². The van der Waals surface area contributed by atoms with E-state index in [1.807, 2.05) is 0 Å². The third kappa shape index (κ3) is 2.76. The summed E-state index contributed by atoms with van der Waals surface area (Å²) in [5.41, 5.74) is 0.856. The molecule has 0 aliphatic heterocycles. The van der Waals surface area contributed by atoms with E-state index in [-0.39, 0.29) is 21.7 Å². The summed E-state index contributed by atoms with van der Waals surface area (Å²) < 4.78 is 13.6. The predicted octanol–water partition coefficient (Wildman–Crippen LogP) is 3.57. The second kappa shape index (κ2) is 5.40. The van der Waals surface area contributed by atoms with E-state index in [0.717, 1.165) is 0 Å². The van der Waals surface area contributed by atoms with Gasteiger partial charge in [-0.05, 0) is 52.3 Å². The van der Waals surface area contributed by atoms with Crippen molar-refractivity contribution in [1.29, 1.82) is 0 Å². The minimum atomic E-state index is -0.482. The molecule has 2 aromatic rings. The van der Waals surface area contributed by atoms with E-state index in [2.05, 4.69) is 15.9 Å². The standard InChI is InChI=1S/C14H11BrFNO2/c1-17(9-5-7-10(18)8-6-9)14(19)11-3-2-4-12(16)13(11)15/h2-8,18H,1H3. The molecular formula is C14H11BrFNO2. The van der Waals surface area contributed by atoms with Crippen molar-refractivity contribution in [2.24, 2.45) is 0 Å². The van der Waals surface area contributed by atoms with E-state index in [9.17, 15) is 14.3 Å². The van der Waals surface area contributed by atoms with Crippen LogP contribution in [0.5, 0.6) is 5.75 Å². The zero-order valence-electron chi connectivity index (χ0n) is 10.1. The molecule has 5 heteroatoms. The van der Waals surface area contributed by atoms with Crippen LogP contribution in [0.4, 0.5) is 10.1 Å². The molecule has 0 radical (unpaired) electrons. The van der Waals surface area contributed by atoms with Gasteiger partial charge >= 0.3 is 0 Å². The largest absolute Gasteiger partial charge is 0.508 e. The molecule has 0 aliphatic carbocycles. The van der Waals surface area contributed by atoms with Crippen LogP contribution >= 0.6 is 15.9 Å². The van der Waals surface area contributed by atoms with Crippen LogP contribution in [0.2, 0.25) is 0 Å². The summed E-state index contributed by atoms with van der Waals surface area (Å²) in [6.07, 6.45) is 0. The molecule has 0 aliphatic rings. The highest BCUT2D eigenvalue weighted by Crippen LogP contribution is 2.24. The first-order valence-corrected chi connectivity index (χ1v) is 6.31. The zero-order chi connectivity index (χ0) is 14.0. The number of carbonyl (C=O) groups excluding carboxylic acids is 1. The van der Waals surface area contributed by atoms with Gasteiger partial charge in [0.05, 0.1) is 10.0 Å². The van der Waals surface area contributed by atoms with Gasteiger partial charge in [0.15, 0.2) is 0 Å². The van der Waals surface area contributed by atoms with E-state index in [1.54, 1.807) is 25.2 Å². The topological polar surface area (TPSA) is 40.5 Å².